The third-order valence-corrected chi connectivity index (χ3v) is 5.45. The maximum absolute atomic E-state index is 12.2. The number of aryl methyl sites for hydroxylation is 1. The number of H-pyrrole nitrogens is 2. The van der Waals surface area contributed by atoms with E-state index >= 15 is 0 Å². The Morgan fingerprint density at radius 2 is 2.00 bits per heavy atom. The molecule has 7 nitrogen and oxygen atoms in total. The minimum atomic E-state index is -0.529. The molecule has 0 fully saturated rings. The van der Waals surface area contributed by atoms with Gasteiger partial charge in [0.2, 0.25) is 11.2 Å². The first-order valence-corrected chi connectivity index (χ1v) is 10.2. The fourth-order valence-electron chi connectivity index (χ4n) is 3.71. The highest BCUT2D eigenvalue weighted by molar-refractivity contribution is 6.31. The number of aromatic nitrogens is 3. The summed E-state index contributed by atoms with van der Waals surface area (Å²) in [5.74, 6) is 1.09. The number of benzene rings is 2. The summed E-state index contributed by atoms with van der Waals surface area (Å²) >= 11 is 6.11. The smallest absolute Gasteiger partial charge is 0.227 e. The summed E-state index contributed by atoms with van der Waals surface area (Å²) in [6, 6.07) is 14.1. The van der Waals surface area contributed by atoms with Crippen molar-refractivity contribution in [3.8, 4) is 45.6 Å². The minimum Gasteiger partial charge on any atom is -0.501 e. The number of nitrogens with zero attached hydrogens (tertiary/aromatic N) is 1. The number of ether oxygens (including phenoxy) is 1. The van der Waals surface area contributed by atoms with Crippen LogP contribution >= 0.6 is 11.6 Å². The molecule has 0 aliphatic rings. The Balaban J connectivity index is 1.78. The van der Waals surface area contributed by atoms with Crippen molar-refractivity contribution in [2.75, 3.05) is 7.11 Å². The molecule has 5 aromatic rings. The van der Waals surface area contributed by atoms with Crippen LogP contribution in [0.1, 0.15) is 5.76 Å². The summed E-state index contributed by atoms with van der Waals surface area (Å²) in [6.45, 7) is 1.65. The van der Waals surface area contributed by atoms with E-state index in [1.165, 1.54) is 6.07 Å². The van der Waals surface area contributed by atoms with Crippen molar-refractivity contribution in [3.05, 3.63) is 75.7 Å². The van der Waals surface area contributed by atoms with Crippen molar-refractivity contribution in [1.82, 2.24) is 15.0 Å². The minimum absolute atomic E-state index is 0.0226. The number of nitrogens with one attached hydrogen (secondary N) is 2. The van der Waals surface area contributed by atoms with Gasteiger partial charge < -0.3 is 24.2 Å². The lowest BCUT2D eigenvalue weighted by Gasteiger charge is -2.06. The second-order valence-corrected chi connectivity index (χ2v) is 7.77. The van der Waals surface area contributed by atoms with Gasteiger partial charge >= 0.3 is 0 Å². The van der Waals surface area contributed by atoms with Crippen LogP contribution in [0.15, 0.2) is 63.9 Å². The number of halogens is 1. The Bertz CT molecular complexity index is 1530. The fourth-order valence-corrected chi connectivity index (χ4v) is 3.88. The van der Waals surface area contributed by atoms with Crippen molar-refractivity contribution in [1.29, 1.82) is 0 Å². The molecule has 0 aliphatic carbocycles. The topological polar surface area (TPSA) is 104 Å². The van der Waals surface area contributed by atoms with Gasteiger partial charge in [0.1, 0.15) is 28.7 Å². The standard InChI is InChI=1S/C24H18ClN3O4/c1-12-8-19(29)22(30)23(32-12)21-20(13-4-3-5-15(9-13)31-2)27-24(28-21)17-11-26-18-10-14(25)6-7-16(17)18/h3-11,26,30H,1-2H3,(H,27,28). The van der Waals surface area contributed by atoms with Crippen LogP contribution in [0.3, 0.4) is 0 Å². The van der Waals surface area contributed by atoms with Gasteiger partial charge in [-0.2, -0.15) is 0 Å². The van der Waals surface area contributed by atoms with Gasteiger partial charge in [0, 0.05) is 39.3 Å². The fraction of sp³-hybridized carbons (Fsp3) is 0.0833. The van der Waals surface area contributed by atoms with Crippen molar-refractivity contribution in [2.45, 2.75) is 6.92 Å². The maximum atomic E-state index is 12.2. The summed E-state index contributed by atoms with van der Waals surface area (Å²) in [5.41, 5.74) is 2.76. The van der Waals surface area contributed by atoms with Gasteiger partial charge in [-0.15, -0.1) is 0 Å². The summed E-state index contributed by atoms with van der Waals surface area (Å²) in [4.78, 5) is 23.5. The molecule has 0 unspecified atom stereocenters. The second-order valence-electron chi connectivity index (χ2n) is 7.33. The molecule has 0 atom stereocenters. The molecule has 32 heavy (non-hydrogen) atoms. The van der Waals surface area contributed by atoms with Crippen LogP contribution < -0.4 is 10.2 Å². The zero-order valence-corrected chi connectivity index (χ0v) is 17.9. The predicted molar refractivity (Wildman–Crippen MR) is 123 cm³/mol. The lowest BCUT2D eigenvalue weighted by molar-refractivity contribution is 0.415. The van der Waals surface area contributed by atoms with Crippen LogP contribution in [0.2, 0.25) is 5.02 Å². The van der Waals surface area contributed by atoms with Crippen LogP contribution in [0.4, 0.5) is 0 Å². The molecular formula is C24H18ClN3O4. The summed E-state index contributed by atoms with van der Waals surface area (Å²) in [5, 5.41) is 12.0. The lowest BCUT2D eigenvalue weighted by Crippen LogP contribution is -2.01. The molecule has 0 spiro atoms. The lowest BCUT2D eigenvalue weighted by atomic mass is 10.1. The van der Waals surface area contributed by atoms with E-state index in [4.69, 9.17) is 25.7 Å². The molecule has 0 amide bonds. The van der Waals surface area contributed by atoms with Gasteiger partial charge in [-0.25, -0.2) is 4.98 Å². The quantitative estimate of drug-likeness (QED) is 0.336. The summed E-state index contributed by atoms with van der Waals surface area (Å²) in [6.07, 6.45) is 1.82. The van der Waals surface area contributed by atoms with E-state index in [1.54, 1.807) is 20.1 Å². The van der Waals surface area contributed by atoms with Crippen LogP contribution in [-0.4, -0.2) is 27.2 Å². The third-order valence-electron chi connectivity index (χ3n) is 5.22. The molecule has 0 aliphatic heterocycles. The number of hydrogen-bond acceptors (Lipinski definition) is 5. The number of aromatic amines is 2. The molecule has 5 rings (SSSR count). The molecule has 8 heteroatoms. The monoisotopic (exact) mass is 447 g/mol. The van der Waals surface area contributed by atoms with Gasteiger partial charge in [0.05, 0.1) is 7.11 Å². The Kier molecular flexibility index (Phi) is 4.75. The zero-order valence-electron chi connectivity index (χ0n) is 17.2. The molecule has 160 valence electrons. The van der Waals surface area contributed by atoms with Crippen LogP contribution in [0.25, 0.3) is 45.0 Å². The summed E-state index contributed by atoms with van der Waals surface area (Å²) in [7, 11) is 1.58. The van der Waals surface area contributed by atoms with Crippen LogP contribution in [0.5, 0.6) is 11.5 Å². The molecule has 3 heterocycles. The van der Waals surface area contributed by atoms with E-state index in [-0.39, 0.29) is 5.76 Å². The third kappa shape index (κ3) is 3.33. The van der Waals surface area contributed by atoms with Crippen molar-refractivity contribution < 1.29 is 14.3 Å². The first-order chi connectivity index (χ1) is 15.4. The average molecular weight is 448 g/mol. The van der Waals surface area contributed by atoms with E-state index in [2.05, 4.69) is 9.97 Å². The molecule has 2 aromatic carbocycles. The van der Waals surface area contributed by atoms with E-state index in [0.29, 0.717) is 33.7 Å². The SMILES string of the molecule is COc1cccc(-c2nc(-c3c[nH]c4cc(Cl)ccc34)[nH]c2-c2oc(C)cc(=O)c2O)c1. The Morgan fingerprint density at radius 3 is 2.81 bits per heavy atom. The Labute approximate surface area is 187 Å². The molecule has 3 aromatic heterocycles. The molecule has 0 saturated carbocycles. The van der Waals surface area contributed by atoms with Crippen molar-refractivity contribution in [2.24, 2.45) is 0 Å². The number of imidazole rings is 1. The molecular weight excluding hydrogens is 430 g/mol. The normalized spacial score (nSPS) is 11.2. The zero-order chi connectivity index (χ0) is 22.4. The van der Waals surface area contributed by atoms with Gasteiger partial charge in [-0.05, 0) is 31.2 Å². The first kappa shape index (κ1) is 20.0. The second kappa shape index (κ2) is 7.62. The highest BCUT2D eigenvalue weighted by Crippen LogP contribution is 2.38. The largest absolute Gasteiger partial charge is 0.501 e. The molecule has 0 radical (unpaired) electrons. The van der Waals surface area contributed by atoms with E-state index in [9.17, 15) is 9.90 Å². The predicted octanol–water partition coefficient (Wildman–Crippen LogP) is 5.52. The number of rotatable bonds is 4. The van der Waals surface area contributed by atoms with E-state index in [1.807, 2.05) is 42.6 Å². The Hall–Kier alpha value is -3.97. The van der Waals surface area contributed by atoms with Gasteiger partial charge in [0.25, 0.3) is 0 Å². The van der Waals surface area contributed by atoms with Crippen LogP contribution in [-0.2, 0) is 0 Å². The maximum Gasteiger partial charge on any atom is 0.227 e. The molecule has 0 bridgehead atoms. The van der Waals surface area contributed by atoms with Gasteiger partial charge in [-0.3, -0.25) is 4.79 Å². The highest BCUT2D eigenvalue weighted by atomic mass is 35.5. The number of methoxy groups -OCH3 is 1. The van der Waals surface area contributed by atoms with Gasteiger partial charge in [0.15, 0.2) is 5.76 Å². The van der Waals surface area contributed by atoms with E-state index < -0.39 is 11.2 Å². The first-order valence-electron chi connectivity index (χ1n) is 9.80. The van der Waals surface area contributed by atoms with Crippen molar-refractivity contribution >= 4 is 22.5 Å². The number of aromatic hydroxyl groups is 1. The average Bonchev–Trinajstić information content (AvgIpc) is 3.40. The molecule has 3 N–H and O–H groups in total. The van der Waals surface area contributed by atoms with E-state index in [0.717, 1.165) is 22.0 Å². The highest BCUT2D eigenvalue weighted by Gasteiger charge is 2.23. The van der Waals surface area contributed by atoms with Gasteiger partial charge in [-0.1, -0.05) is 29.8 Å². The van der Waals surface area contributed by atoms with Crippen LogP contribution in [0, 0.1) is 6.92 Å². The van der Waals surface area contributed by atoms with Crippen molar-refractivity contribution in [3.63, 3.8) is 0 Å². The Morgan fingerprint density at radius 1 is 1.16 bits per heavy atom. The number of hydrogen-bond donors (Lipinski definition) is 3. The summed E-state index contributed by atoms with van der Waals surface area (Å²) < 4.78 is 11.1. The number of fused-ring (bicyclic) bond motifs is 1. The molecule has 0 saturated heterocycles.